The molecular weight excluding hydrogens is 448 g/mol. The molecule has 0 amide bonds. The third-order valence-corrected chi connectivity index (χ3v) is 6.03. The van der Waals surface area contributed by atoms with Crippen LogP contribution < -0.4 is 9.47 Å². The Morgan fingerprint density at radius 2 is 1.75 bits per heavy atom. The van der Waals surface area contributed by atoms with Crippen LogP contribution in [0.25, 0.3) is 6.08 Å². The van der Waals surface area contributed by atoms with Gasteiger partial charge in [0.1, 0.15) is 0 Å². The van der Waals surface area contributed by atoms with Gasteiger partial charge in [-0.3, -0.25) is 0 Å². The highest BCUT2D eigenvalue weighted by atomic mass is 79.9. The van der Waals surface area contributed by atoms with E-state index in [2.05, 4.69) is 15.9 Å². The van der Waals surface area contributed by atoms with Gasteiger partial charge in [0.15, 0.2) is 16.4 Å². The van der Waals surface area contributed by atoms with E-state index >= 15 is 0 Å². The second-order valence-electron chi connectivity index (χ2n) is 5.72. The maximum Gasteiger partial charge on any atom is 0.349 e. The second kappa shape index (κ2) is 9.75. The normalized spacial score (nSPS) is 11.8. The molecule has 0 saturated carbocycles. The van der Waals surface area contributed by atoms with Crippen molar-refractivity contribution in [2.75, 3.05) is 20.8 Å². The van der Waals surface area contributed by atoms with Crippen LogP contribution in [0.1, 0.15) is 18.9 Å². The average Bonchev–Trinajstić information content (AvgIpc) is 2.70. The Kier molecular flexibility index (Phi) is 7.65. The van der Waals surface area contributed by atoms with Crippen molar-refractivity contribution in [1.82, 2.24) is 0 Å². The van der Waals surface area contributed by atoms with Gasteiger partial charge in [0.2, 0.25) is 9.84 Å². The zero-order chi connectivity index (χ0) is 20.7. The molecule has 2 aromatic carbocycles. The number of methoxy groups -OCH3 is 2. The van der Waals surface area contributed by atoms with E-state index in [9.17, 15) is 13.2 Å². The van der Waals surface area contributed by atoms with Crippen molar-refractivity contribution in [3.63, 3.8) is 0 Å². The molecule has 150 valence electrons. The van der Waals surface area contributed by atoms with E-state index in [-0.39, 0.29) is 4.90 Å². The molecule has 0 N–H and O–H groups in total. The molecule has 2 rings (SSSR count). The highest BCUT2D eigenvalue weighted by Gasteiger charge is 2.28. The van der Waals surface area contributed by atoms with Gasteiger partial charge >= 0.3 is 5.97 Å². The molecule has 0 spiro atoms. The molecule has 0 bridgehead atoms. The summed E-state index contributed by atoms with van der Waals surface area (Å²) in [6, 6.07) is 10.9. The standard InChI is InChI=1S/C20H21BrO6S/c1-4-11-27-18-12-14(5-10-17(18)25-2)13-19(20(22)26-3)28(23,24)16-8-6-15(21)7-9-16/h5-10,12-13H,4,11H2,1-3H3/b19-13+. The predicted molar refractivity (Wildman–Crippen MR) is 110 cm³/mol. The lowest BCUT2D eigenvalue weighted by atomic mass is 10.2. The molecule has 28 heavy (non-hydrogen) atoms. The van der Waals surface area contributed by atoms with Gasteiger partial charge in [-0.2, -0.15) is 0 Å². The van der Waals surface area contributed by atoms with Gasteiger partial charge in [0.05, 0.1) is 25.7 Å². The van der Waals surface area contributed by atoms with Crippen molar-refractivity contribution >= 4 is 37.8 Å². The van der Waals surface area contributed by atoms with Crippen molar-refractivity contribution in [3.8, 4) is 11.5 Å². The number of benzene rings is 2. The fourth-order valence-electron chi connectivity index (χ4n) is 2.35. The summed E-state index contributed by atoms with van der Waals surface area (Å²) in [4.78, 5) is 11.8. The summed E-state index contributed by atoms with van der Waals surface area (Å²) in [5.41, 5.74) is 0.466. The van der Waals surface area contributed by atoms with Gasteiger partial charge in [0.25, 0.3) is 0 Å². The van der Waals surface area contributed by atoms with Crippen LogP contribution in [0.2, 0.25) is 0 Å². The average molecular weight is 469 g/mol. The van der Waals surface area contributed by atoms with Crippen molar-refractivity contribution < 1.29 is 27.4 Å². The molecule has 0 atom stereocenters. The Morgan fingerprint density at radius 3 is 2.32 bits per heavy atom. The maximum absolute atomic E-state index is 13.0. The van der Waals surface area contributed by atoms with Crippen molar-refractivity contribution in [3.05, 3.63) is 57.4 Å². The van der Waals surface area contributed by atoms with Crippen molar-refractivity contribution in [2.45, 2.75) is 18.2 Å². The van der Waals surface area contributed by atoms with E-state index in [4.69, 9.17) is 14.2 Å². The Morgan fingerprint density at radius 1 is 1.07 bits per heavy atom. The van der Waals surface area contributed by atoms with Gasteiger partial charge in [0, 0.05) is 4.47 Å². The molecule has 0 heterocycles. The van der Waals surface area contributed by atoms with Crippen LogP contribution in [-0.2, 0) is 19.4 Å². The molecule has 8 heteroatoms. The van der Waals surface area contributed by atoms with Crippen LogP contribution >= 0.6 is 15.9 Å². The van der Waals surface area contributed by atoms with Gasteiger partial charge in [-0.05, 0) is 54.5 Å². The Labute approximate surface area is 173 Å². The first kappa shape index (κ1) is 22.0. The molecule has 0 radical (unpaired) electrons. The fourth-order valence-corrected chi connectivity index (χ4v) is 3.95. The highest BCUT2D eigenvalue weighted by molar-refractivity contribution is 9.10. The summed E-state index contributed by atoms with van der Waals surface area (Å²) in [5.74, 6) is 0.0269. The number of carbonyl (C=O) groups is 1. The molecule has 0 unspecified atom stereocenters. The minimum absolute atomic E-state index is 0.0108. The number of halogens is 1. The van der Waals surface area contributed by atoms with E-state index in [1.807, 2.05) is 6.92 Å². The first-order chi connectivity index (χ1) is 13.3. The Bertz CT molecular complexity index is 965. The SMILES string of the molecule is CCCOc1cc(/C=C(\C(=O)OC)S(=O)(=O)c2ccc(Br)cc2)ccc1OC. The minimum atomic E-state index is -4.08. The summed E-state index contributed by atoms with van der Waals surface area (Å²) < 4.78 is 42.3. The maximum atomic E-state index is 13.0. The van der Waals surface area contributed by atoms with E-state index in [0.717, 1.165) is 18.0 Å². The topological polar surface area (TPSA) is 78.9 Å². The van der Waals surface area contributed by atoms with Gasteiger partial charge < -0.3 is 14.2 Å². The van der Waals surface area contributed by atoms with E-state index in [1.54, 1.807) is 30.3 Å². The number of hydrogen-bond donors (Lipinski definition) is 0. The number of ether oxygens (including phenoxy) is 3. The van der Waals surface area contributed by atoms with Gasteiger partial charge in [-0.25, -0.2) is 13.2 Å². The van der Waals surface area contributed by atoms with E-state index in [1.165, 1.54) is 25.3 Å². The summed E-state index contributed by atoms with van der Waals surface area (Å²) in [6.45, 7) is 2.45. The number of sulfone groups is 1. The number of rotatable bonds is 8. The van der Waals surface area contributed by atoms with Crippen LogP contribution in [0.5, 0.6) is 11.5 Å². The minimum Gasteiger partial charge on any atom is -0.493 e. The monoisotopic (exact) mass is 468 g/mol. The van der Waals surface area contributed by atoms with Gasteiger partial charge in [-0.1, -0.05) is 28.9 Å². The third-order valence-electron chi connectivity index (χ3n) is 3.75. The zero-order valence-corrected chi connectivity index (χ0v) is 18.2. The Balaban J connectivity index is 2.55. The van der Waals surface area contributed by atoms with Crippen LogP contribution in [0.15, 0.2) is 56.7 Å². The number of carbonyl (C=O) groups excluding carboxylic acids is 1. The second-order valence-corrected chi connectivity index (χ2v) is 8.55. The predicted octanol–water partition coefficient (Wildman–Crippen LogP) is 4.23. The first-order valence-corrected chi connectivity index (χ1v) is 10.7. The molecule has 0 saturated heterocycles. The molecule has 0 aliphatic carbocycles. The van der Waals surface area contributed by atoms with E-state index < -0.39 is 20.7 Å². The summed E-state index contributed by atoms with van der Waals surface area (Å²) in [7, 11) is -1.43. The number of hydrogen-bond acceptors (Lipinski definition) is 6. The highest BCUT2D eigenvalue weighted by Crippen LogP contribution is 2.31. The zero-order valence-electron chi connectivity index (χ0n) is 15.8. The third kappa shape index (κ3) is 5.14. The lowest BCUT2D eigenvalue weighted by Gasteiger charge is -2.12. The molecule has 0 fully saturated rings. The van der Waals surface area contributed by atoms with Crippen LogP contribution in [-0.4, -0.2) is 35.2 Å². The lowest BCUT2D eigenvalue weighted by molar-refractivity contribution is -0.135. The summed E-state index contributed by atoms with van der Waals surface area (Å²) in [5, 5.41) is 0. The van der Waals surface area contributed by atoms with Crippen LogP contribution in [0, 0.1) is 0 Å². The number of esters is 1. The van der Waals surface area contributed by atoms with E-state index in [0.29, 0.717) is 23.7 Å². The quantitative estimate of drug-likeness (QED) is 0.425. The Hall–Kier alpha value is -2.32. The molecule has 0 aliphatic rings. The molecular formula is C20H21BrO6S. The molecule has 6 nitrogen and oxygen atoms in total. The first-order valence-electron chi connectivity index (χ1n) is 8.45. The van der Waals surface area contributed by atoms with Crippen LogP contribution in [0.3, 0.4) is 0 Å². The molecule has 2 aromatic rings. The summed E-state index contributed by atoms with van der Waals surface area (Å²) in [6.07, 6.45) is 2.07. The molecule has 0 aliphatic heterocycles. The lowest BCUT2D eigenvalue weighted by Crippen LogP contribution is -2.15. The molecule has 0 aromatic heterocycles. The largest absolute Gasteiger partial charge is 0.493 e. The van der Waals surface area contributed by atoms with Crippen molar-refractivity contribution in [1.29, 1.82) is 0 Å². The fraction of sp³-hybridized carbons (Fsp3) is 0.250. The van der Waals surface area contributed by atoms with Crippen molar-refractivity contribution in [2.24, 2.45) is 0 Å². The smallest absolute Gasteiger partial charge is 0.349 e. The van der Waals surface area contributed by atoms with Crippen LogP contribution in [0.4, 0.5) is 0 Å². The van der Waals surface area contributed by atoms with Gasteiger partial charge in [-0.15, -0.1) is 0 Å². The summed E-state index contributed by atoms with van der Waals surface area (Å²) >= 11 is 3.26.